The van der Waals surface area contributed by atoms with Crippen LogP contribution in [0, 0.1) is 5.92 Å². The summed E-state index contributed by atoms with van der Waals surface area (Å²) in [6, 6.07) is 18.3. The van der Waals surface area contributed by atoms with Gasteiger partial charge in [-0.3, -0.25) is 0 Å². The first-order chi connectivity index (χ1) is 10.2. The molecule has 0 spiro atoms. The predicted molar refractivity (Wildman–Crippen MR) is 87.1 cm³/mol. The van der Waals surface area contributed by atoms with Crippen LogP contribution in [-0.2, 0) is 4.74 Å². The number of hydrogen-bond acceptors (Lipinski definition) is 2. The summed E-state index contributed by atoms with van der Waals surface area (Å²) in [7, 11) is 0. The molecule has 0 saturated heterocycles. The maximum atomic E-state index is 10.1. The standard InChI is InChI=1S/C19H24O2/c1-15(2)12-13-21-14-19(20)18-10-8-17(9-11-18)16-6-4-3-5-7-16/h3-11,15,19-20H,12-14H2,1-2H3. The van der Waals surface area contributed by atoms with Gasteiger partial charge < -0.3 is 9.84 Å². The van der Waals surface area contributed by atoms with Gasteiger partial charge in [-0.1, -0.05) is 68.4 Å². The third-order valence-electron chi connectivity index (χ3n) is 3.52. The van der Waals surface area contributed by atoms with Crippen LogP contribution < -0.4 is 0 Å². The highest BCUT2D eigenvalue weighted by molar-refractivity contribution is 5.63. The molecule has 0 aromatic heterocycles. The van der Waals surface area contributed by atoms with Gasteiger partial charge in [0.25, 0.3) is 0 Å². The van der Waals surface area contributed by atoms with Gasteiger partial charge in [0, 0.05) is 6.61 Å². The van der Waals surface area contributed by atoms with Gasteiger partial charge in [-0.25, -0.2) is 0 Å². The zero-order chi connectivity index (χ0) is 15.1. The average molecular weight is 284 g/mol. The third kappa shape index (κ3) is 5.00. The molecule has 2 aromatic rings. The van der Waals surface area contributed by atoms with E-state index in [1.807, 2.05) is 42.5 Å². The Bertz CT molecular complexity index is 517. The van der Waals surface area contributed by atoms with Crippen molar-refractivity contribution in [1.29, 1.82) is 0 Å². The Kier molecular flexibility index (Phi) is 5.97. The van der Waals surface area contributed by atoms with Crippen LogP contribution in [0.5, 0.6) is 0 Å². The van der Waals surface area contributed by atoms with Gasteiger partial charge in [0.05, 0.1) is 6.61 Å². The fourth-order valence-corrected chi connectivity index (χ4v) is 2.14. The minimum Gasteiger partial charge on any atom is -0.386 e. The summed E-state index contributed by atoms with van der Waals surface area (Å²) in [6.45, 7) is 5.40. The zero-order valence-corrected chi connectivity index (χ0v) is 12.8. The van der Waals surface area contributed by atoms with E-state index in [1.165, 1.54) is 5.56 Å². The molecule has 0 aliphatic rings. The maximum absolute atomic E-state index is 10.1. The summed E-state index contributed by atoms with van der Waals surface area (Å²) >= 11 is 0. The van der Waals surface area contributed by atoms with E-state index in [1.54, 1.807) is 0 Å². The van der Waals surface area contributed by atoms with E-state index in [0.29, 0.717) is 19.1 Å². The molecule has 0 aliphatic carbocycles. The molecule has 1 atom stereocenters. The smallest absolute Gasteiger partial charge is 0.102 e. The molecule has 0 radical (unpaired) electrons. The van der Waals surface area contributed by atoms with Crippen LogP contribution in [0.15, 0.2) is 54.6 Å². The van der Waals surface area contributed by atoms with Gasteiger partial charge in [-0.05, 0) is 29.0 Å². The van der Waals surface area contributed by atoms with Crippen molar-refractivity contribution in [2.24, 2.45) is 5.92 Å². The van der Waals surface area contributed by atoms with Crippen molar-refractivity contribution in [2.75, 3.05) is 13.2 Å². The first-order valence-corrected chi connectivity index (χ1v) is 7.58. The van der Waals surface area contributed by atoms with Gasteiger partial charge in [0.1, 0.15) is 6.10 Å². The fraction of sp³-hybridized carbons (Fsp3) is 0.368. The van der Waals surface area contributed by atoms with Crippen LogP contribution in [0.25, 0.3) is 11.1 Å². The summed E-state index contributed by atoms with van der Waals surface area (Å²) in [6.07, 6.45) is 0.474. The van der Waals surface area contributed by atoms with Crippen molar-refractivity contribution in [3.63, 3.8) is 0 Å². The molecule has 2 heteroatoms. The van der Waals surface area contributed by atoms with E-state index < -0.39 is 6.10 Å². The molecule has 2 rings (SSSR count). The summed E-state index contributed by atoms with van der Waals surface area (Å²) < 4.78 is 5.53. The lowest BCUT2D eigenvalue weighted by molar-refractivity contribution is 0.0319. The van der Waals surface area contributed by atoms with Gasteiger partial charge in [-0.15, -0.1) is 0 Å². The van der Waals surface area contributed by atoms with Gasteiger partial charge in [-0.2, -0.15) is 0 Å². The molecule has 0 aliphatic heterocycles. The lowest BCUT2D eigenvalue weighted by Crippen LogP contribution is -2.09. The number of hydrogen-bond donors (Lipinski definition) is 1. The zero-order valence-electron chi connectivity index (χ0n) is 12.8. The van der Waals surface area contributed by atoms with E-state index in [4.69, 9.17) is 4.74 Å². The highest BCUT2D eigenvalue weighted by Crippen LogP contribution is 2.22. The predicted octanol–water partition coefficient (Wildman–Crippen LogP) is 4.45. The summed E-state index contributed by atoms with van der Waals surface area (Å²) in [4.78, 5) is 0. The minimum absolute atomic E-state index is 0.359. The normalized spacial score (nSPS) is 12.6. The van der Waals surface area contributed by atoms with Crippen molar-refractivity contribution in [2.45, 2.75) is 26.4 Å². The maximum Gasteiger partial charge on any atom is 0.102 e. The second kappa shape index (κ2) is 7.96. The fourth-order valence-electron chi connectivity index (χ4n) is 2.14. The number of ether oxygens (including phenoxy) is 1. The van der Waals surface area contributed by atoms with E-state index in [0.717, 1.165) is 17.5 Å². The quantitative estimate of drug-likeness (QED) is 0.761. The second-order valence-corrected chi connectivity index (χ2v) is 5.76. The molecule has 2 nitrogen and oxygen atoms in total. The first kappa shape index (κ1) is 15.7. The van der Waals surface area contributed by atoms with Crippen molar-refractivity contribution in [3.05, 3.63) is 60.2 Å². The van der Waals surface area contributed by atoms with Crippen LogP contribution in [0.2, 0.25) is 0 Å². The molecule has 21 heavy (non-hydrogen) atoms. The van der Waals surface area contributed by atoms with Crippen molar-refractivity contribution >= 4 is 0 Å². The van der Waals surface area contributed by atoms with Crippen LogP contribution in [0.3, 0.4) is 0 Å². The SMILES string of the molecule is CC(C)CCOCC(O)c1ccc(-c2ccccc2)cc1. The third-order valence-corrected chi connectivity index (χ3v) is 3.52. The van der Waals surface area contributed by atoms with E-state index in [-0.39, 0.29) is 0 Å². The largest absolute Gasteiger partial charge is 0.386 e. The topological polar surface area (TPSA) is 29.5 Å². The van der Waals surface area contributed by atoms with Gasteiger partial charge in [0.15, 0.2) is 0 Å². The monoisotopic (exact) mass is 284 g/mol. The highest BCUT2D eigenvalue weighted by atomic mass is 16.5. The number of rotatable bonds is 7. The Balaban J connectivity index is 1.89. The number of aliphatic hydroxyl groups excluding tert-OH is 1. The Morgan fingerprint density at radius 3 is 2.14 bits per heavy atom. The van der Waals surface area contributed by atoms with Crippen molar-refractivity contribution < 1.29 is 9.84 Å². The van der Waals surface area contributed by atoms with Gasteiger partial charge in [0.2, 0.25) is 0 Å². The Morgan fingerprint density at radius 1 is 0.905 bits per heavy atom. The number of benzene rings is 2. The highest BCUT2D eigenvalue weighted by Gasteiger charge is 2.08. The van der Waals surface area contributed by atoms with Crippen LogP contribution in [-0.4, -0.2) is 18.3 Å². The first-order valence-electron chi connectivity index (χ1n) is 7.58. The Morgan fingerprint density at radius 2 is 1.52 bits per heavy atom. The molecule has 112 valence electrons. The molecule has 1 unspecified atom stereocenters. The average Bonchev–Trinajstić information content (AvgIpc) is 2.52. The molecular weight excluding hydrogens is 260 g/mol. The molecule has 0 heterocycles. The molecule has 2 aromatic carbocycles. The van der Waals surface area contributed by atoms with E-state index >= 15 is 0 Å². The molecule has 0 amide bonds. The number of aliphatic hydroxyl groups is 1. The summed E-state index contributed by atoms with van der Waals surface area (Å²) in [5.41, 5.74) is 3.25. The molecule has 1 N–H and O–H groups in total. The van der Waals surface area contributed by atoms with Crippen LogP contribution in [0.4, 0.5) is 0 Å². The Hall–Kier alpha value is -1.64. The summed E-state index contributed by atoms with van der Waals surface area (Å²) in [5.74, 6) is 0.632. The molecule has 0 bridgehead atoms. The van der Waals surface area contributed by atoms with Crippen LogP contribution in [0.1, 0.15) is 31.9 Å². The van der Waals surface area contributed by atoms with Crippen molar-refractivity contribution in [1.82, 2.24) is 0 Å². The molecule has 0 saturated carbocycles. The van der Waals surface area contributed by atoms with E-state index in [9.17, 15) is 5.11 Å². The minimum atomic E-state index is -0.554. The second-order valence-electron chi connectivity index (χ2n) is 5.76. The van der Waals surface area contributed by atoms with Gasteiger partial charge >= 0.3 is 0 Å². The Labute approximate surface area is 127 Å². The lowest BCUT2D eigenvalue weighted by Gasteiger charge is -2.13. The molecule has 0 fully saturated rings. The molecular formula is C19H24O2. The van der Waals surface area contributed by atoms with Crippen molar-refractivity contribution in [3.8, 4) is 11.1 Å². The summed E-state index contributed by atoms with van der Waals surface area (Å²) in [5, 5.41) is 10.1. The van der Waals surface area contributed by atoms with E-state index in [2.05, 4.69) is 26.0 Å². The van der Waals surface area contributed by atoms with Crippen LogP contribution >= 0.6 is 0 Å². The lowest BCUT2D eigenvalue weighted by atomic mass is 10.0.